The van der Waals surface area contributed by atoms with Crippen molar-refractivity contribution in [2.24, 2.45) is 0 Å². The standard InChI is InChI=1S/C29H36O2/c1-30-24-16-5-3-2-4-6-17-25-31-29(26-18-10-7-11-19-26,27-20-12-8-13-21-27)28-22-14-9-15-23-28/h7-15,18-23H,2-6,16-17,24-25H2,1H3. The second-order valence-electron chi connectivity index (χ2n) is 8.10. The van der Waals surface area contributed by atoms with Crippen molar-refractivity contribution in [1.29, 1.82) is 0 Å². The van der Waals surface area contributed by atoms with Crippen LogP contribution < -0.4 is 0 Å². The van der Waals surface area contributed by atoms with Crippen molar-refractivity contribution in [3.63, 3.8) is 0 Å². The van der Waals surface area contributed by atoms with E-state index in [9.17, 15) is 0 Å². The van der Waals surface area contributed by atoms with Crippen LogP contribution in [0.2, 0.25) is 0 Å². The molecule has 0 aliphatic rings. The van der Waals surface area contributed by atoms with Crippen LogP contribution in [0.5, 0.6) is 0 Å². The Morgan fingerprint density at radius 2 is 0.839 bits per heavy atom. The predicted molar refractivity (Wildman–Crippen MR) is 129 cm³/mol. The summed E-state index contributed by atoms with van der Waals surface area (Å²) in [6.07, 6.45) is 8.59. The number of methoxy groups -OCH3 is 1. The van der Waals surface area contributed by atoms with Gasteiger partial charge >= 0.3 is 0 Å². The van der Waals surface area contributed by atoms with E-state index in [1.165, 1.54) is 55.2 Å². The normalized spacial score (nSPS) is 11.5. The first-order valence-electron chi connectivity index (χ1n) is 11.7. The lowest BCUT2D eigenvalue weighted by molar-refractivity contribution is 0.0106. The second-order valence-corrected chi connectivity index (χ2v) is 8.10. The van der Waals surface area contributed by atoms with Crippen LogP contribution >= 0.6 is 0 Å². The lowest BCUT2D eigenvalue weighted by atomic mass is 9.80. The third-order valence-electron chi connectivity index (χ3n) is 5.85. The number of ether oxygens (including phenoxy) is 2. The lowest BCUT2D eigenvalue weighted by Gasteiger charge is -2.36. The maximum Gasteiger partial charge on any atom is 0.143 e. The molecule has 0 radical (unpaired) electrons. The molecule has 0 heterocycles. The number of hydrogen-bond acceptors (Lipinski definition) is 2. The molecule has 3 rings (SSSR count). The summed E-state index contributed by atoms with van der Waals surface area (Å²) < 4.78 is 12.0. The molecular formula is C29H36O2. The van der Waals surface area contributed by atoms with Gasteiger partial charge in [-0.15, -0.1) is 0 Å². The van der Waals surface area contributed by atoms with E-state index in [1.807, 2.05) is 0 Å². The van der Waals surface area contributed by atoms with Gasteiger partial charge in [-0.25, -0.2) is 0 Å². The van der Waals surface area contributed by atoms with Crippen LogP contribution in [-0.4, -0.2) is 20.3 Å². The van der Waals surface area contributed by atoms with E-state index >= 15 is 0 Å². The fraction of sp³-hybridized carbons (Fsp3) is 0.379. The molecule has 2 nitrogen and oxygen atoms in total. The third kappa shape index (κ3) is 6.53. The Kier molecular flexibility index (Phi) is 9.82. The highest BCUT2D eigenvalue weighted by molar-refractivity contribution is 5.47. The molecule has 0 aromatic heterocycles. The molecule has 0 saturated heterocycles. The van der Waals surface area contributed by atoms with Crippen LogP contribution in [0.4, 0.5) is 0 Å². The summed E-state index contributed by atoms with van der Waals surface area (Å²) in [6.45, 7) is 1.62. The molecule has 0 atom stereocenters. The van der Waals surface area contributed by atoms with Crippen molar-refractivity contribution in [1.82, 2.24) is 0 Å². The summed E-state index contributed by atoms with van der Waals surface area (Å²) >= 11 is 0. The predicted octanol–water partition coefficient (Wildman–Crippen LogP) is 7.37. The van der Waals surface area contributed by atoms with Gasteiger partial charge in [-0.05, 0) is 29.5 Å². The fourth-order valence-electron chi connectivity index (χ4n) is 4.23. The molecule has 0 bridgehead atoms. The van der Waals surface area contributed by atoms with Crippen molar-refractivity contribution in [2.75, 3.05) is 20.3 Å². The van der Waals surface area contributed by atoms with Gasteiger partial charge in [-0.3, -0.25) is 0 Å². The maximum absolute atomic E-state index is 6.83. The molecule has 0 spiro atoms. The zero-order valence-electron chi connectivity index (χ0n) is 18.8. The van der Waals surface area contributed by atoms with Crippen molar-refractivity contribution in [2.45, 2.75) is 50.5 Å². The minimum atomic E-state index is -0.593. The van der Waals surface area contributed by atoms with Crippen molar-refractivity contribution in [3.8, 4) is 0 Å². The molecule has 164 valence electrons. The van der Waals surface area contributed by atoms with Crippen LogP contribution in [0.1, 0.15) is 61.6 Å². The molecule has 2 heteroatoms. The number of benzene rings is 3. The maximum atomic E-state index is 6.83. The van der Waals surface area contributed by atoms with Crippen molar-refractivity contribution in [3.05, 3.63) is 108 Å². The summed E-state index contributed by atoms with van der Waals surface area (Å²) in [4.78, 5) is 0. The average Bonchev–Trinajstić information content (AvgIpc) is 2.84. The molecule has 0 unspecified atom stereocenters. The minimum absolute atomic E-state index is 0.593. The Morgan fingerprint density at radius 1 is 0.484 bits per heavy atom. The molecule has 0 amide bonds. The van der Waals surface area contributed by atoms with Crippen LogP contribution in [0, 0.1) is 0 Å². The Balaban J connectivity index is 1.70. The average molecular weight is 417 g/mol. The van der Waals surface area contributed by atoms with Crippen molar-refractivity contribution < 1.29 is 9.47 Å². The molecular weight excluding hydrogens is 380 g/mol. The first kappa shape index (κ1) is 23.2. The monoisotopic (exact) mass is 416 g/mol. The molecule has 3 aromatic carbocycles. The highest BCUT2D eigenvalue weighted by Crippen LogP contribution is 2.40. The second kappa shape index (κ2) is 13.1. The van der Waals surface area contributed by atoms with Gasteiger partial charge in [0.05, 0.1) is 0 Å². The van der Waals surface area contributed by atoms with Gasteiger partial charge in [-0.2, -0.15) is 0 Å². The highest BCUT2D eigenvalue weighted by atomic mass is 16.5. The molecule has 0 N–H and O–H groups in total. The summed E-state index contributed by atoms with van der Waals surface area (Å²) in [5.74, 6) is 0. The largest absolute Gasteiger partial charge is 0.385 e. The van der Waals surface area contributed by atoms with Gasteiger partial charge in [0.1, 0.15) is 5.60 Å². The third-order valence-corrected chi connectivity index (χ3v) is 5.85. The van der Waals surface area contributed by atoms with Gasteiger partial charge in [0.2, 0.25) is 0 Å². The van der Waals surface area contributed by atoms with Gasteiger partial charge in [0, 0.05) is 20.3 Å². The van der Waals surface area contributed by atoms with Gasteiger partial charge in [-0.1, -0.05) is 123 Å². The Bertz CT molecular complexity index is 734. The number of unbranched alkanes of at least 4 members (excludes halogenated alkanes) is 6. The van der Waals surface area contributed by atoms with E-state index in [2.05, 4.69) is 91.0 Å². The van der Waals surface area contributed by atoms with Gasteiger partial charge < -0.3 is 9.47 Å². The first-order valence-corrected chi connectivity index (χ1v) is 11.7. The summed E-state index contributed by atoms with van der Waals surface area (Å²) in [6, 6.07) is 31.9. The van der Waals surface area contributed by atoms with E-state index in [0.29, 0.717) is 0 Å². The lowest BCUT2D eigenvalue weighted by Crippen LogP contribution is -2.33. The zero-order chi connectivity index (χ0) is 21.6. The van der Waals surface area contributed by atoms with Crippen LogP contribution in [0.3, 0.4) is 0 Å². The molecule has 0 fully saturated rings. The van der Waals surface area contributed by atoms with Crippen LogP contribution in [0.15, 0.2) is 91.0 Å². The summed E-state index contributed by atoms with van der Waals surface area (Å²) in [7, 11) is 1.78. The zero-order valence-corrected chi connectivity index (χ0v) is 18.8. The quantitative estimate of drug-likeness (QED) is 0.202. The van der Waals surface area contributed by atoms with E-state index < -0.39 is 5.60 Å². The first-order chi connectivity index (χ1) is 15.4. The van der Waals surface area contributed by atoms with Crippen LogP contribution in [-0.2, 0) is 15.1 Å². The van der Waals surface area contributed by atoms with Gasteiger partial charge in [0.25, 0.3) is 0 Å². The molecule has 3 aromatic rings. The van der Waals surface area contributed by atoms with Gasteiger partial charge in [0.15, 0.2) is 0 Å². The van der Waals surface area contributed by atoms with E-state index in [0.717, 1.165) is 19.6 Å². The molecule has 0 saturated carbocycles. The Morgan fingerprint density at radius 3 is 1.23 bits per heavy atom. The number of hydrogen-bond donors (Lipinski definition) is 0. The SMILES string of the molecule is COCCCCCCCCCOC(c1ccccc1)(c1ccccc1)c1ccccc1. The topological polar surface area (TPSA) is 18.5 Å². The minimum Gasteiger partial charge on any atom is -0.385 e. The Hall–Kier alpha value is -2.42. The molecule has 0 aliphatic carbocycles. The van der Waals surface area contributed by atoms with E-state index in [-0.39, 0.29) is 0 Å². The smallest absolute Gasteiger partial charge is 0.143 e. The summed E-state index contributed by atoms with van der Waals surface area (Å²) in [5.41, 5.74) is 2.92. The highest BCUT2D eigenvalue weighted by Gasteiger charge is 2.37. The fourth-order valence-corrected chi connectivity index (χ4v) is 4.23. The molecule has 31 heavy (non-hydrogen) atoms. The van der Waals surface area contributed by atoms with E-state index in [4.69, 9.17) is 9.47 Å². The Labute approximate surface area is 188 Å². The number of rotatable bonds is 14. The molecule has 0 aliphatic heterocycles. The van der Waals surface area contributed by atoms with Crippen LogP contribution in [0.25, 0.3) is 0 Å². The summed E-state index contributed by atoms with van der Waals surface area (Å²) in [5, 5.41) is 0. The van der Waals surface area contributed by atoms with E-state index in [1.54, 1.807) is 7.11 Å². The van der Waals surface area contributed by atoms with Crippen molar-refractivity contribution >= 4 is 0 Å².